The molecule has 1 aromatic heterocycles. The molecule has 0 radical (unpaired) electrons. The number of esters is 1. The number of carbonyl (C=O) groups is 2. The molecule has 0 fully saturated rings. The number of benzene rings is 1. The van der Waals surface area contributed by atoms with Gasteiger partial charge in [0, 0.05) is 11.6 Å². The quantitative estimate of drug-likeness (QED) is 0.555. The van der Waals surface area contributed by atoms with Crippen LogP contribution in [0.15, 0.2) is 30.3 Å². The Balaban J connectivity index is 2.11. The molecule has 0 aliphatic heterocycles. The van der Waals surface area contributed by atoms with Crippen molar-refractivity contribution < 1.29 is 19.4 Å². The Morgan fingerprint density at radius 1 is 1.33 bits per heavy atom. The minimum atomic E-state index is -1.12. The Morgan fingerprint density at radius 3 is 2.59 bits per heavy atom. The van der Waals surface area contributed by atoms with E-state index in [0.717, 1.165) is 5.56 Å². The van der Waals surface area contributed by atoms with Crippen LogP contribution in [0.25, 0.3) is 6.08 Å². The van der Waals surface area contributed by atoms with E-state index in [1.807, 2.05) is 31.2 Å². The number of halogens is 1. The summed E-state index contributed by atoms with van der Waals surface area (Å²) in [5.74, 6) is -1.28. The molecule has 0 saturated carbocycles. The molecule has 144 valence electrons. The minimum Gasteiger partial charge on any atom is -0.467 e. The summed E-state index contributed by atoms with van der Waals surface area (Å²) in [5.41, 5.74) is 3.51. The third kappa shape index (κ3) is 5.42. The third-order valence-electron chi connectivity index (χ3n) is 3.95. The van der Waals surface area contributed by atoms with Gasteiger partial charge in [-0.15, -0.1) is 0 Å². The maximum Gasteiger partial charge on any atom is 0.330 e. The van der Waals surface area contributed by atoms with Gasteiger partial charge in [0.1, 0.15) is 5.15 Å². The van der Waals surface area contributed by atoms with E-state index in [1.54, 1.807) is 11.6 Å². The number of carbonyl (C=O) groups excluding carboxylic acids is 2. The fourth-order valence-corrected chi connectivity index (χ4v) is 2.73. The summed E-state index contributed by atoms with van der Waals surface area (Å²) >= 11 is 6.40. The van der Waals surface area contributed by atoms with Crippen LogP contribution in [0.2, 0.25) is 5.15 Å². The number of rotatable bonds is 7. The van der Waals surface area contributed by atoms with Crippen LogP contribution in [0.3, 0.4) is 0 Å². The molecule has 1 heterocycles. The number of nitrogens with one attached hydrogen (secondary N) is 1. The number of ether oxygens (including phenoxy) is 1. The number of aryl methyl sites for hydroxylation is 2. The highest BCUT2D eigenvalue weighted by molar-refractivity contribution is 6.31. The summed E-state index contributed by atoms with van der Waals surface area (Å²) in [6.45, 7) is 3.76. The molecule has 1 aromatic carbocycles. The molecular weight excluding hydrogens is 370 g/mol. The van der Waals surface area contributed by atoms with Crippen molar-refractivity contribution in [3.63, 3.8) is 0 Å². The first-order valence-corrected chi connectivity index (χ1v) is 8.69. The second-order valence-corrected chi connectivity index (χ2v) is 6.39. The maximum atomic E-state index is 12.0. The smallest absolute Gasteiger partial charge is 0.330 e. The molecule has 1 atom stereocenters. The molecule has 1 amide bonds. The summed E-state index contributed by atoms with van der Waals surface area (Å²) < 4.78 is 6.16. The van der Waals surface area contributed by atoms with Crippen LogP contribution in [0.4, 0.5) is 0 Å². The van der Waals surface area contributed by atoms with Crippen LogP contribution >= 0.6 is 11.6 Å². The third-order valence-corrected chi connectivity index (χ3v) is 4.35. The van der Waals surface area contributed by atoms with E-state index in [9.17, 15) is 9.59 Å². The van der Waals surface area contributed by atoms with Gasteiger partial charge in [-0.3, -0.25) is 4.79 Å². The van der Waals surface area contributed by atoms with Gasteiger partial charge in [-0.2, -0.15) is 5.10 Å². The lowest BCUT2D eigenvalue weighted by atomic mass is 10.1. The van der Waals surface area contributed by atoms with Crippen molar-refractivity contribution >= 4 is 29.6 Å². The largest absolute Gasteiger partial charge is 0.467 e. The minimum absolute atomic E-state index is 0.406. The van der Waals surface area contributed by atoms with E-state index >= 15 is 0 Å². The average molecular weight is 392 g/mol. The van der Waals surface area contributed by atoms with Gasteiger partial charge >= 0.3 is 5.97 Å². The first-order chi connectivity index (χ1) is 12.8. The van der Waals surface area contributed by atoms with Gasteiger partial charge < -0.3 is 15.2 Å². The standard InChI is InChI=1S/C19H22ClN3O4/c1-12-4-6-14(7-5-12)10-23-18(20)15(13(2)22-23)8-9-17(25)21-16(11-24)19(26)27-3/h4-9,16,24H,10-11H2,1-3H3,(H,21,25)/b9-8+/t16-/m0/s1. The van der Waals surface area contributed by atoms with Crippen LogP contribution < -0.4 is 5.32 Å². The number of aromatic nitrogens is 2. The molecule has 2 rings (SSSR count). The van der Waals surface area contributed by atoms with Crippen molar-refractivity contribution in [3.8, 4) is 0 Å². The zero-order valence-electron chi connectivity index (χ0n) is 15.4. The Kier molecular flexibility index (Phi) is 7.15. The maximum absolute atomic E-state index is 12.0. The number of hydrogen-bond donors (Lipinski definition) is 2. The molecule has 0 aliphatic carbocycles. The predicted octanol–water partition coefficient (Wildman–Crippen LogP) is 1.86. The second kappa shape index (κ2) is 9.34. The Morgan fingerprint density at radius 2 is 2.00 bits per heavy atom. The van der Waals surface area contributed by atoms with Gasteiger partial charge in [0.2, 0.25) is 5.91 Å². The number of amides is 1. The summed E-state index contributed by atoms with van der Waals surface area (Å²) in [5, 5.41) is 16.3. The van der Waals surface area contributed by atoms with Crippen molar-refractivity contribution in [1.82, 2.24) is 15.1 Å². The molecule has 0 saturated heterocycles. The Hall–Kier alpha value is -2.64. The molecule has 0 spiro atoms. The van der Waals surface area contributed by atoms with Crippen molar-refractivity contribution in [2.24, 2.45) is 0 Å². The van der Waals surface area contributed by atoms with Gasteiger partial charge in [-0.25, -0.2) is 9.48 Å². The molecule has 2 aromatic rings. The van der Waals surface area contributed by atoms with E-state index in [0.29, 0.717) is 23.0 Å². The van der Waals surface area contributed by atoms with Crippen LogP contribution in [0, 0.1) is 13.8 Å². The molecule has 7 nitrogen and oxygen atoms in total. The zero-order valence-corrected chi connectivity index (χ0v) is 16.2. The monoisotopic (exact) mass is 391 g/mol. The SMILES string of the molecule is COC(=O)[C@H](CO)NC(=O)/C=C/c1c(C)nn(Cc2ccc(C)cc2)c1Cl. The molecule has 2 N–H and O–H groups in total. The van der Waals surface area contributed by atoms with Gasteiger partial charge in [0.05, 0.1) is 26.0 Å². The number of aliphatic hydroxyl groups excluding tert-OH is 1. The van der Waals surface area contributed by atoms with Crippen molar-refractivity contribution in [1.29, 1.82) is 0 Å². The van der Waals surface area contributed by atoms with Crippen LogP contribution in [0.5, 0.6) is 0 Å². The number of nitrogens with zero attached hydrogens (tertiary/aromatic N) is 2. The summed E-state index contributed by atoms with van der Waals surface area (Å²) in [6.07, 6.45) is 2.76. The van der Waals surface area contributed by atoms with Crippen molar-refractivity contribution in [2.45, 2.75) is 26.4 Å². The predicted molar refractivity (Wildman–Crippen MR) is 102 cm³/mol. The Bertz CT molecular complexity index is 843. The highest BCUT2D eigenvalue weighted by Gasteiger charge is 2.19. The fraction of sp³-hybridized carbons (Fsp3) is 0.316. The molecule has 8 heteroatoms. The van der Waals surface area contributed by atoms with Crippen molar-refractivity contribution in [2.75, 3.05) is 13.7 Å². The van der Waals surface area contributed by atoms with Crippen molar-refractivity contribution in [3.05, 3.63) is 57.9 Å². The van der Waals surface area contributed by atoms with Gasteiger partial charge in [0.25, 0.3) is 0 Å². The lowest BCUT2D eigenvalue weighted by Crippen LogP contribution is -2.43. The lowest BCUT2D eigenvalue weighted by Gasteiger charge is -2.11. The Labute approximate surface area is 162 Å². The van der Waals surface area contributed by atoms with E-state index < -0.39 is 24.5 Å². The normalized spacial score (nSPS) is 12.2. The first kappa shape index (κ1) is 20.7. The van der Waals surface area contributed by atoms with E-state index in [-0.39, 0.29) is 0 Å². The topological polar surface area (TPSA) is 93.4 Å². The van der Waals surface area contributed by atoms with Gasteiger partial charge in [-0.1, -0.05) is 41.4 Å². The number of hydrogen-bond acceptors (Lipinski definition) is 5. The van der Waals surface area contributed by atoms with E-state index in [2.05, 4.69) is 15.2 Å². The zero-order chi connectivity index (χ0) is 20.0. The number of methoxy groups -OCH3 is 1. The van der Waals surface area contributed by atoms with Crippen LogP contribution in [-0.4, -0.2) is 46.5 Å². The summed E-state index contributed by atoms with van der Waals surface area (Å²) in [4.78, 5) is 23.4. The van der Waals surface area contributed by atoms with E-state index in [4.69, 9.17) is 16.7 Å². The number of aliphatic hydroxyl groups is 1. The van der Waals surface area contributed by atoms with Crippen LogP contribution in [-0.2, 0) is 20.9 Å². The van der Waals surface area contributed by atoms with Gasteiger partial charge in [-0.05, 0) is 25.5 Å². The summed E-state index contributed by atoms with van der Waals surface area (Å²) in [7, 11) is 1.18. The highest BCUT2D eigenvalue weighted by atomic mass is 35.5. The highest BCUT2D eigenvalue weighted by Crippen LogP contribution is 2.22. The molecule has 0 bridgehead atoms. The first-order valence-electron chi connectivity index (χ1n) is 8.31. The fourth-order valence-electron chi connectivity index (χ4n) is 2.43. The second-order valence-electron chi connectivity index (χ2n) is 6.03. The van der Waals surface area contributed by atoms with E-state index in [1.165, 1.54) is 24.8 Å². The summed E-state index contributed by atoms with van der Waals surface area (Å²) in [6, 6.07) is 6.93. The molecule has 0 aliphatic rings. The average Bonchev–Trinajstić information content (AvgIpc) is 2.92. The van der Waals surface area contributed by atoms with Crippen LogP contribution in [0.1, 0.15) is 22.4 Å². The van der Waals surface area contributed by atoms with Gasteiger partial charge in [0.15, 0.2) is 6.04 Å². The molecule has 27 heavy (non-hydrogen) atoms. The lowest BCUT2D eigenvalue weighted by molar-refractivity contribution is -0.145. The molecule has 0 unspecified atom stereocenters. The molecular formula is C19H22ClN3O4.